The summed E-state index contributed by atoms with van der Waals surface area (Å²) in [5.41, 5.74) is -5.36. The van der Waals surface area contributed by atoms with Crippen molar-refractivity contribution in [3.8, 4) is 0 Å². The second kappa shape index (κ2) is 39.8. The Morgan fingerprint density at radius 2 is 1.41 bits per heavy atom. The molecule has 5 aliphatic rings. The summed E-state index contributed by atoms with van der Waals surface area (Å²) in [7, 11) is 8.56. The van der Waals surface area contributed by atoms with Gasteiger partial charge in [-0.2, -0.15) is 26.3 Å². The molecule has 2 aromatic rings. The van der Waals surface area contributed by atoms with Gasteiger partial charge in [-0.25, -0.2) is 8.78 Å². The molecule has 33 heteroatoms. The lowest BCUT2D eigenvalue weighted by Crippen LogP contribution is -2.65. The molecule has 1 aliphatic carbocycles. The number of hydrogen-bond donors (Lipinski definition) is 4. The second-order valence-electron chi connectivity index (χ2n) is 30.1. The van der Waals surface area contributed by atoms with Gasteiger partial charge in [0.05, 0.1) is 56.6 Å². The van der Waals surface area contributed by atoms with Crippen molar-refractivity contribution >= 4 is 64.9 Å². The van der Waals surface area contributed by atoms with E-state index in [-0.39, 0.29) is 95.5 Å². The molecule has 3 saturated heterocycles. The zero-order chi connectivity index (χ0) is 81.3. The number of morpholine rings is 1. The number of likely N-dealkylation sites (N-methyl/N-ethyl adjacent to an activating group) is 5. The van der Waals surface area contributed by atoms with Crippen molar-refractivity contribution in [2.45, 2.75) is 223 Å². The van der Waals surface area contributed by atoms with Gasteiger partial charge in [0.1, 0.15) is 64.8 Å². The van der Waals surface area contributed by atoms with Crippen LogP contribution in [0.25, 0.3) is 0 Å². The standard InChI is InChI=1S/C77H110F8N12O13/c1-12-47(3)66(48(4)98)88-61-26-17-15-14-16-21-33-75(5,74(108)94(11)67(51-23-18-19-24-51)73(107)92(9)59(43-63(100)93(61)10)71(105)95-35-37-109-38-36-95)89-68(102)58-42-53(110-13-2)45-97(58)69(103)56(32-29-50-39-54(78)65(55(79)40-50)77(83,84)85)87-62(99)46-90(7)70(104)60(41-49-27-30-52(31-28-49)76(80,81)82)96-34-22-20-25-57(72(96)106)91(8)64(101)44-86-6/h16,21,27-28,30-31,39-40,47,51,53,56-61,66-67,86,88H,12-15,17-20,22-26,29,32-38,41-46H2,1-11H3,(H,87,99)(H,89,102)/b21-16-/t47-,53+,56-,57-,58-,59-,60-,61-,66-,67-,75-/m0/s1. The Bertz CT molecular complexity index is 3570. The van der Waals surface area contributed by atoms with E-state index in [0.717, 1.165) is 34.1 Å². The molecule has 2 aromatic carbocycles. The average molecular weight is 1560 g/mol. The third kappa shape index (κ3) is 22.8. The molecule has 10 amide bonds. The SMILES string of the molecule is CCO[C@@H]1C[C@@H](C(=O)N[C@@]2(C)C/C=C\CCCC[C@@H](N[C@H](C(C)=O)[C@@H](C)CC)N(C)C(=O)C[C@@H](C(=O)N3CCOCC3)N(C)C(=O)[C@H](C3CCCC3)N(C)C2=O)N(C(=O)[C@H](CCc2cc(F)c(C(F)(F)F)c(F)c2)NC(=O)CN(C)C(=O)[C@H](Cc2ccc(C(F)(F)F)cc2)N2CCCC[C@H](N(C)C(=O)CNC)C2=O)C1. The molecule has 110 heavy (non-hydrogen) atoms. The number of aryl methyl sites for hydroxylation is 1. The highest BCUT2D eigenvalue weighted by molar-refractivity contribution is 6.00. The molecule has 4 heterocycles. The molecule has 612 valence electrons. The first-order valence-corrected chi connectivity index (χ1v) is 38.2. The maximum atomic E-state index is 15.9. The molecule has 4 N–H and O–H groups in total. The number of Topliss-reactive ketones (excluding diaryl/α,β-unsaturated/α-hetero) is 1. The van der Waals surface area contributed by atoms with Crippen molar-refractivity contribution < 1.29 is 97.3 Å². The smallest absolute Gasteiger partial charge is 0.378 e. The van der Waals surface area contributed by atoms with Crippen LogP contribution in [-0.2, 0) is 87.4 Å². The van der Waals surface area contributed by atoms with Gasteiger partial charge in [-0.1, -0.05) is 57.4 Å². The summed E-state index contributed by atoms with van der Waals surface area (Å²) in [6.45, 7) is 7.79. The van der Waals surface area contributed by atoms with Gasteiger partial charge in [-0.05, 0) is 152 Å². The van der Waals surface area contributed by atoms with Crippen LogP contribution >= 0.6 is 0 Å². The minimum atomic E-state index is -5.46. The van der Waals surface area contributed by atoms with E-state index in [0.29, 0.717) is 82.8 Å². The summed E-state index contributed by atoms with van der Waals surface area (Å²) >= 11 is 0. The van der Waals surface area contributed by atoms with Gasteiger partial charge in [0.15, 0.2) is 0 Å². The number of carbonyl (C=O) groups is 11. The number of ketones is 1. The molecule has 0 radical (unpaired) electrons. The first-order chi connectivity index (χ1) is 51.9. The number of nitrogens with zero attached hydrogens (tertiary/aromatic N) is 8. The van der Waals surface area contributed by atoms with Gasteiger partial charge in [0.2, 0.25) is 59.1 Å². The molecule has 4 fully saturated rings. The number of carbonyl (C=O) groups excluding carboxylic acids is 11. The molecule has 4 aliphatic heterocycles. The lowest BCUT2D eigenvalue weighted by atomic mass is 9.89. The number of likely N-dealkylation sites (tertiary alicyclic amines) is 2. The van der Waals surface area contributed by atoms with Crippen molar-refractivity contribution in [3.63, 3.8) is 0 Å². The molecular weight excluding hydrogens is 1450 g/mol. The predicted octanol–water partition coefficient (Wildman–Crippen LogP) is 6.42. The molecule has 11 atom stereocenters. The van der Waals surface area contributed by atoms with Crippen LogP contribution in [0.5, 0.6) is 0 Å². The summed E-state index contributed by atoms with van der Waals surface area (Å²) in [6.07, 6.45) is -5.04. The number of amides is 10. The van der Waals surface area contributed by atoms with Gasteiger partial charge in [0, 0.05) is 80.9 Å². The monoisotopic (exact) mass is 1560 g/mol. The third-order valence-electron chi connectivity index (χ3n) is 22.2. The minimum absolute atomic E-state index is 0.0517. The first kappa shape index (κ1) is 89.0. The van der Waals surface area contributed by atoms with Gasteiger partial charge in [0.25, 0.3) is 0 Å². The Morgan fingerprint density at radius 1 is 0.773 bits per heavy atom. The van der Waals surface area contributed by atoms with Crippen LogP contribution in [0.1, 0.15) is 160 Å². The number of ether oxygens (including phenoxy) is 2. The second-order valence-corrected chi connectivity index (χ2v) is 30.1. The summed E-state index contributed by atoms with van der Waals surface area (Å²) in [5, 5.41) is 11.7. The van der Waals surface area contributed by atoms with Crippen LogP contribution in [0, 0.1) is 23.5 Å². The Hall–Kier alpha value is -8.17. The fraction of sp³-hybridized carbons (Fsp3) is 0.675. The van der Waals surface area contributed by atoms with Gasteiger partial charge < -0.3 is 64.6 Å². The number of rotatable bonds is 25. The summed E-state index contributed by atoms with van der Waals surface area (Å²) < 4.78 is 125. The quantitative estimate of drug-likeness (QED) is 0.0617. The van der Waals surface area contributed by atoms with Gasteiger partial charge in [-0.3, -0.25) is 58.1 Å². The van der Waals surface area contributed by atoms with E-state index in [1.807, 2.05) is 19.9 Å². The maximum absolute atomic E-state index is 15.9. The van der Waals surface area contributed by atoms with E-state index >= 15 is 32.8 Å². The van der Waals surface area contributed by atoms with Crippen LogP contribution in [0.3, 0.4) is 0 Å². The van der Waals surface area contributed by atoms with E-state index in [4.69, 9.17) is 9.47 Å². The highest BCUT2D eigenvalue weighted by Crippen LogP contribution is 2.37. The lowest BCUT2D eigenvalue weighted by molar-refractivity contribution is -0.157. The fourth-order valence-electron chi connectivity index (χ4n) is 15.6. The summed E-state index contributed by atoms with van der Waals surface area (Å²) in [5.74, 6) is -12.2. The predicted molar refractivity (Wildman–Crippen MR) is 389 cm³/mol. The number of nitrogens with one attached hydrogen (secondary N) is 4. The molecule has 1 saturated carbocycles. The molecule has 0 unspecified atom stereocenters. The molecule has 0 aromatic heterocycles. The zero-order valence-electron chi connectivity index (χ0n) is 65.0. The Morgan fingerprint density at radius 3 is 2.01 bits per heavy atom. The number of benzene rings is 2. The van der Waals surface area contributed by atoms with E-state index in [1.54, 1.807) is 20.0 Å². The molecule has 25 nitrogen and oxygen atoms in total. The first-order valence-electron chi connectivity index (χ1n) is 38.2. The van der Waals surface area contributed by atoms with Gasteiger partial charge >= 0.3 is 12.4 Å². The Balaban J connectivity index is 1.25. The fourth-order valence-corrected chi connectivity index (χ4v) is 15.6. The van der Waals surface area contributed by atoms with Crippen molar-refractivity contribution in [1.82, 2.24) is 60.5 Å². The summed E-state index contributed by atoms with van der Waals surface area (Å²) in [4.78, 5) is 173. The largest absolute Gasteiger partial charge is 0.422 e. The topological polar surface area (TPSA) is 280 Å². The van der Waals surface area contributed by atoms with Crippen molar-refractivity contribution in [3.05, 3.63) is 82.4 Å². The normalized spacial score (nSPS) is 24.2. The van der Waals surface area contributed by atoms with E-state index < -0.39 is 192 Å². The number of halogens is 8. The molecular formula is C77H110F8N12O13. The Labute approximate surface area is 638 Å². The van der Waals surface area contributed by atoms with Crippen molar-refractivity contribution in [2.24, 2.45) is 11.8 Å². The van der Waals surface area contributed by atoms with E-state index in [9.17, 15) is 55.1 Å². The van der Waals surface area contributed by atoms with Crippen molar-refractivity contribution in [1.29, 1.82) is 0 Å². The zero-order valence-corrected chi connectivity index (χ0v) is 65.0. The number of allylic oxidation sites excluding steroid dienone is 1. The Kier molecular flexibility index (Phi) is 32.2. The van der Waals surface area contributed by atoms with E-state index in [2.05, 4.69) is 21.3 Å². The van der Waals surface area contributed by atoms with E-state index in [1.165, 1.54) is 78.5 Å². The number of hydrogen-bond acceptors (Lipinski definition) is 15. The maximum Gasteiger partial charge on any atom is 0.422 e. The third-order valence-corrected chi connectivity index (χ3v) is 22.2. The number of alkyl halides is 6. The molecule has 0 bridgehead atoms. The van der Waals surface area contributed by atoms with Crippen molar-refractivity contribution in [2.75, 3.05) is 101 Å². The highest BCUT2D eigenvalue weighted by Gasteiger charge is 2.50. The minimum Gasteiger partial charge on any atom is -0.378 e. The van der Waals surface area contributed by atoms with Crippen LogP contribution in [0.4, 0.5) is 35.1 Å². The lowest BCUT2D eigenvalue weighted by Gasteiger charge is -2.42. The van der Waals surface area contributed by atoms with Crippen LogP contribution in [-0.4, -0.2) is 266 Å². The van der Waals surface area contributed by atoms with Gasteiger partial charge in [-0.15, -0.1) is 0 Å². The molecule has 0 spiro atoms. The molecule has 7 rings (SSSR count). The van der Waals surface area contributed by atoms with Crippen LogP contribution < -0.4 is 21.3 Å². The van der Waals surface area contributed by atoms with Crippen LogP contribution in [0.2, 0.25) is 0 Å². The highest BCUT2D eigenvalue weighted by atomic mass is 19.4. The average Bonchev–Trinajstić information content (AvgIpc) is 1.63. The summed E-state index contributed by atoms with van der Waals surface area (Å²) in [6, 6.07) is -4.56. The van der Waals surface area contributed by atoms with Crippen LogP contribution in [0.15, 0.2) is 48.6 Å².